The number of nitrogens with one attached hydrogen (secondary N) is 1. The van der Waals surface area contributed by atoms with Crippen molar-refractivity contribution in [3.8, 4) is 11.4 Å². The minimum absolute atomic E-state index is 0.0846. The zero-order valence-corrected chi connectivity index (χ0v) is 12.2. The van der Waals surface area contributed by atoms with Gasteiger partial charge in [0.2, 0.25) is 0 Å². The van der Waals surface area contributed by atoms with Gasteiger partial charge in [0.25, 0.3) is 0 Å². The van der Waals surface area contributed by atoms with Crippen LogP contribution in [0.15, 0.2) is 18.3 Å². The Bertz CT molecular complexity index is 565. The molecule has 0 fully saturated rings. The summed E-state index contributed by atoms with van der Waals surface area (Å²) in [7, 11) is 1.87. The summed E-state index contributed by atoms with van der Waals surface area (Å²) in [5, 5.41) is 7.39. The predicted octanol–water partition coefficient (Wildman–Crippen LogP) is 2.70. The van der Waals surface area contributed by atoms with Crippen molar-refractivity contribution in [1.82, 2.24) is 19.7 Å². The van der Waals surface area contributed by atoms with E-state index < -0.39 is 0 Å². The average Bonchev–Trinajstić information content (AvgIpc) is 2.85. The normalized spacial score (nSPS) is 11.6. The summed E-state index contributed by atoms with van der Waals surface area (Å²) >= 11 is 0. The molecule has 0 amide bonds. The first kappa shape index (κ1) is 13.5. The highest BCUT2D eigenvalue weighted by Gasteiger charge is 2.20. The molecule has 2 rings (SSSR count). The lowest BCUT2D eigenvalue weighted by Gasteiger charge is -2.18. The molecule has 0 saturated carbocycles. The summed E-state index contributed by atoms with van der Waals surface area (Å²) in [6.07, 6.45) is 1.80. The van der Waals surface area contributed by atoms with Crippen molar-refractivity contribution in [3.63, 3.8) is 0 Å². The van der Waals surface area contributed by atoms with Crippen LogP contribution in [0.2, 0.25) is 0 Å². The van der Waals surface area contributed by atoms with Crippen LogP contribution < -0.4 is 5.32 Å². The molecule has 0 aliphatic carbocycles. The smallest absolute Gasteiger partial charge is 0.136 e. The van der Waals surface area contributed by atoms with Crippen molar-refractivity contribution >= 4 is 5.82 Å². The molecule has 5 nitrogen and oxygen atoms in total. The summed E-state index contributed by atoms with van der Waals surface area (Å²) in [6.45, 7) is 9.24. The van der Waals surface area contributed by atoms with Crippen molar-refractivity contribution in [2.45, 2.75) is 39.7 Å². The summed E-state index contributed by atoms with van der Waals surface area (Å²) in [6, 6.07) is 3.94. The number of aryl methyl sites for hydroxylation is 1. The lowest BCUT2D eigenvalue weighted by molar-refractivity contribution is 0.546. The van der Waals surface area contributed by atoms with Gasteiger partial charge in [0.1, 0.15) is 11.6 Å². The van der Waals surface area contributed by atoms with E-state index in [1.165, 1.54) is 0 Å². The third-order valence-electron chi connectivity index (χ3n) is 2.93. The first-order chi connectivity index (χ1) is 8.95. The lowest BCUT2D eigenvalue weighted by Crippen LogP contribution is -2.17. The Kier molecular flexibility index (Phi) is 3.55. The van der Waals surface area contributed by atoms with Crippen LogP contribution in [0.25, 0.3) is 11.4 Å². The Balaban J connectivity index is 2.57. The molecule has 0 aliphatic heterocycles. The summed E-state index contributed by atoms with van der Waals surface area (Å²) in [5.74, 6) is 1.66. The van der Waals surface area contributed by atoms with E-state index in [0.717, 1.165) is 29.6 Å². The fourth-order valence-corrected chi connectivity index (χ4v) is 1.84. The quantitative estimate of drug-likeness (QED) is 0.920. The standard InChI is InChI=1S/C14H21N5/c1-6-19-11(7-8-16-19)10-9-12(15-5)18-13(17-10)14(2,3)4/h7-9H,6H2,1-5H3,(H,15,17,18). The van der Waals surface area contributed by atoms with Crippen molar-refractivity contribution < 1.29 is 0 Å². The average molecular weight is 259 g/mol. The maximum atomic E-state index is 4.69. The van der Waals surface area contributed by atoms with E-state index in [9.17, 15) is 0 Å². The number of aromatic nitrogens is 4. The van der Waals surface area contributed by atoms with Gasteiger partial charge in [-0.3, -0.25) is 4.68 Å². The van der Waals surface area contributed by atoms with Crippen LogP contribution in [0.3, 0.4) is 0 Å². The van der Waals surface area contributed by atoms with E-state index in [2.05, 4.69) is 43.1 Å². The van der Waals surface area contributed by atoms with Gasteiger partial charge in [-0.15, -0.1) is 0 Å². The Morgan fingerprint density at radius 1 is 1.26 bits per heavy atom. The summed E-state index contributed by atoms with van der Waals surface area (Å²) in [4.78, 5) is 9.23. The summed E-state index contributed by atoms with van der Waals surface area (Å²) < 4.78 is 1.94. The zero-order valence-electron chi connectivity index (χ0n) is 12.2. The van der Waals surface area contributed by atoms with Gasteiger partial charge in [-0.1, -0.05) is 20.8 Å². The number of hydrogen-bond donors (Lipinski definition) is 1. The molecule has 0 spiro atoms. The van der Waals surface area contributed by atoms with Gasteiger partial charge in [-0.2, -0.15) is 5.10 Å². The highest BCUT2D eigenvalue weighted by molar-refractivity contribution is 5.59. The van der Waals surface area contributed by atoms with E-state index in [-0.39, 0.29) is 5.41 Å². The van der Waals surface area contributed by atoms with Gasteiger partial charge in [0.15, 0.2) is 0 Å². The molecule has 1 N–H and O–H groups in total. The second-order valence-electron chi connectivity index (χ2n) is 5.49. The fraction of sp³-hybridized carbons (Fsp3) is 0.500. The number of anilines is 1. The summed E-state index contributed by atoms with van der Waals surface area (Å²) in [5.41, 5.74) is 1.84. The van der Waals surface area contributed by atoms with E-state index >= 15 is 0 Å². The molecule has 2 aromatic heterocycles. The Labute approximate surface area is 114 Å². The van der Waals surface area contributed by atoms with Gasteiger partial charge in [-0.05, 0) is 13.0 Å². The van der Waals surface area contributed by atoms with Crippen molar-refractivity contribution in [2.24, 2.45) is 0 Å². The molecule has 0 bridgehead atoms. The molecular formula is C14H21N5. The van der Waals surface area contributed by atoms with Crippen LogP contribution in [0.5, 0.6) is 0 Å². The van der Waals surface area contributed by atoms with Gasteiger partial charge >= 0.3 is 0 Å². The maximum Gasteiger partial charge on any atom is 0.136 e. The van der Waals surface area contributed by atoms with E-state index in [1.807, 2.05) is 23.9 Å². The molecule has 19 heavy (non-hydrogen) atoms. The van der Waals surface area contributed by atoms with Crippen molar-refractivity contribution in [3.05, 3.63) is 24.2 Å². The molecular weight excluding hydrogens is 238 g/mol. The Hall–Kier alpha value is -1.91. The highest BCUT2D eigenvalue weighted by Crippen LogP contribution is 2.25. The van der Waals surface area contributed by atoms with Gasteiger partial charge in [0.05, 0.1) is 11.4 Å². The second-order valence-corrected chi connectivity index (χ2v) is 5.49. The van der Waals surface area contributed by atoms with Crippen LogP contribution in [0, 0.1) is 0 Å². The number of hydrogen-bond acceptors (Lipinski definition) is 4. The van der Waals surface area contributed by atoms with Crippen LogP contribution >= 0.6 is 0 Å². The minimum Gasteiger partial charge on any atom is -0.373 e. The topological polar surface area (TPSA) is 55.6 Å². The lowest BCUT2D eigenvalue weighted by atomic mass is 9.95. The van der Waals surface area contributed by atoms with Crippen LogP contribution in [-0.2, 0) is 12.0 Å². The predicted molar refractivity (Wildman–Crippen MR) is 77.2 cm³/mol. The molecule has 0 atom stereocenters. The van der Waals surface area contributed by atoms with E-state index in [1.54, 1.807) is 6.20 Å². The first-order valence-electron chi connectivity index (χ1n) is 6.55. The molecule has 2 heterocycles. The Morgan fingerprint density at radius 2 is 2.00 bits per heavy atom. The van der Waals surface area contributed by atoms with Crippen molar-refractivity contribution in [2.75, 3.05) is 12.4 Å². The molecule has 2 aromatic rings. The van der Waals surface area contributed by atoms with Gasteiger partial charge < -0.3 is 5.32 Å². The molecule has 0 aliphatic rings. The van der Waals surface area contributed by atoms with Gasteiger partial charge in [0, 0.05) is 31.3 Å². The van der Waals surface area contributed by atoms with Crippen LogP contribution in [-0.4, -0.2) is 26.8 Å². The third kappa shape index (κ3) is 2.75. The van der Waals surface area contributed by atoms with E-state index in [0.29, 0.717) is 0 Å². The molecule has 0 saturated heterocycles. The Morgan fingerprint density at radius 3 is 2.58 bits per heavy atom. The molecule has 0 aromatic carbocycles. The first-order valence-corrected chi connectivity index (χ1v) is 6.55. The third-order valence-corrected chi connectivity index (χ3v) is 2.93. The molecule has 5 heteroatoms. The van der Waals surface area contributed by atoms with Crippen molar-refractivity contribution in [1.29, 1.82) is 0 Å². The van der Waals surface area contributed by atoms with E-state index in [4.69, 9.17) is 4.98 Å². The molecule has 0 radical (unpaired) electrons. The molecule has 102 valence electrons. The van der Waals surface area contributed by atoms with Gasteiger partial charge in [-0.25, -0.2) is 9.97 Å². The largest absolute Gasteiger partial charge is 0.373 e. The number of nitrogens with zero attached hydrogens (tertiary/aromatic N) is 4. The fourth-order valence-electron chi connectivity index (χ4n) is 1.84. The van der Waals surface area contributed by atoms with Crippen LogP contribution in [0.4, 0.5) is 5.82 Å². The van der Waals surface area contributed by atoms with Crippen LogP contribution in [0.1, 0.15) is 33.5 Å². The second kappa shape index (κ2) is 4.99. The molecule has 0 unspecified atom stereocenters. The maximum absolute atomic E-state index is 4.69. The SMILES string of the molecule is CCn1nccc1-c1cc(NC)nc(C(C)(C)C)n1. The number of rotatable bonds is 3. The minimum atomic E-state index is -0.0846. The highest BCUT2D eigenvalue weighted by atomic mass is 15.3. The monoisotopic (exact) mass is 259 g/mol. The zero-order chi connectivity index (χ0) is 14.0.